The molecule has 1 aromatic heterocycles. The van der Waals surface area contributed by atoms with Crippen molar-refractivity contribution >= 4 is 23.3 Å². The number of hydrogen-bond donors (Lipinski definition) is 1. The Labute approximate surface area is 156 Å². The van der Waals surface area contributed by atoms with Crippen LogP contribution in [0.2, 0.25) is 0 Å². The Hall–Kier alpha value is -2.69. The molecular weight excluding hydrogens is 348 g/mol. The van der Waals surface area contributed by atoms with Crippen molar-refractivity contribution in [2.45, 2.75) is 19.4 Å². The van der Waals surface area contributed by atoms with Gasteiger partial charge in [0.2, 0.25) is 0 Å². The Morgan fingerprint density at radius 3 is 3.12 bits per heavy atom. The summed E-state index contributed by atoms with van der Waals surface area (Å²) in [6, 6.07) is 7.74. The lowest BCUT2D eigenvalue weighted by Gasteiger charge is -2.35. The van der Waals surface area contributed by atoms with E-state index in [9.17, 15) is 10.1 Å². The average molecular weight is 368 g/mol. The van der Waals surface area contributed by atoms with Gasteiger partial charge in [-0.25, -0.2) is 4.98 Å². The van der Waals surface area contributed by atoms with Crippen molar-refractivity contribution in [3.63, 3.8) is 0 Å². The van der Waals surface area contributed by atoms with Crippen molar-refractivity contribution in [1.29, 1.82) is 5.26 Å². The molecule has 1 aromatic carbocycles. The summed E-state index contributed by atoms with van der Waals surface area (Å²) in [7, 11) is 0. The van der Waals surface area contributed by atoms with E-state index < -0.39 is 0 Å². The Morgan fingerprint density at radius 1 is 1.58 bits per heavy atom. The normalized spacial score (nSPS) is 16.7. The van der Waals surface area contributed by atoms with Gasteiger partial charge >= 0.3 is 0 Å². The molecule has 0 saturated carbocycles. The van der Waals surface area contributed by atoms with Crippen molar-refractivity contribution in [2.24, 2.45) is 5.73 Å². The molecule has 1 atom stereocenters. The van der Waals surface area contributed by atoms with E-state index in [1.807, 2.05) is 36.6 Å². The zero-order valence-electron chi connectivity index (χ0n) is 14.5. The molecular formula is C19H20N4O2S. The predicted molar refractivity (Wildman–Crippen MR) is 101 cm³/mol. The number of hydrogen-bond acceptors (Lipinski definition) is 6. The fourth-order valence-corrected chi connectivity index (χ4v) is 3.71. The zero-order valence-corrected chi connectivity index (χ0v) is 15.3. The first-order chi connectivity index (χ1) is 12.7. The number of carbonyl (C=O) groups is 1. The molecule has 1 aliphatic heterocycles. The Kier molecular flexibility index (Phi) is 5.66. The monoisotopic (exact) mass is 368 g/mol. The van der Waals surface area contributed by atoms with Gasteiger partial charge in [0.15, 0.2) is 0 Å². The van der Waals surface area contributed by atoms with Crippen LogP contribution < -0.4 is 10.5 Å². The highest BCUT2D eigenvalue weighted by atomic mass is 32.1. The van der Waals surface area contributed by atoms with Gasteiger partial charge in [0, 0.05) is 30.2 Å². The smallest absolute Gasteiger partial charge is 0.265 e. The summed E-state index contributed by atoms with van der Waals surface area (Å²) in [5.74, 6) is 0.555. The summed E-state index contributed by atoms with van der Waals surface area (Å²) in [4.78, 5) is 18.8. The van der Waals surface area contributed by atoms with Crippen molar-refractivity contribution in [1.82, 2.24) is 9.88 Å². The second-order valence-electron chi connectivity index (χ2n) is 5.93. The summed E-state index contributed by atoms with van der Waals surface area (Å²) < 4.78 is 5.74. The van der Waals surface area contributed by atoms with E-state index in [0.29, 0.717) is 31.1 Å². The minimum absolute atomic E-state index is 0.103. The van der Waals surface area contributed by atoms with Crippen molar-refractivity contribution in [2.75, 3.05) is 19.7 Å². The lowest BCUT2D eigenvalue weighted by molar-refractivity contribution is -0.129. The summed E-state index contributed by atoms with van der Waals surface area (Å²) in [6.45, 7) is 3.42. The van der Waals surface area contributed by atoms with Crippen LogP contribution in [0.4, 0.5) is 0 Å². The van der Waals surface area contributed by atoms with Gasteiger partial charge in [-0.2, -0.15) is 5.26 Å². The van der Waals surface area contributed by atoms with Crippen LogP contribution in [0, 0.1) is 11.3 Å². The standard InChI is InChI=1S/C19H20N4O2S/c1-13-15-3-2-4-17(25-9-6-20)16(15)5-8-23(13)19(24)14(12-21)11-18-22-7-10-26-18/h2-4,7,10-11,13H,5-6,8-9,20H2,1H3. The zero-order chi connectivity index (χ0) is 18.5. The van der Waals surface area contributed by atoms with Gasteiger partial charge in [-0.3, -0.25) is 4.79 Å². The number of amides is 1. The summed E-state index contributed by atoms with van der Waals surface area (Å²) in [5, 5.41) is 11.9. The highest BCUT2D eigenvalue weighted by Gasteiger charge is 2.31. The van der Waals surface area contributed by atoms with Crippen LogP contribution in [0.3, 0.4) is 0 Å². The molecule has 0 saturated heterocycles. The molecule has 3 rings (SSSR count). The second-order valence-corrected chi connectivity index (χ2v) is 6.85. The maximum Gasteiger partial charge on any atom is 0.265 e. The van der Waals surface area contributed by atoms with Crippen LogP contribution in [0.15, 0.2) is 35.3 Å². The minimum atomic E-state index is -0.269. The van der Waals surface area contributed by atoms with Crippen molar-refractivity contribution in [3.8, 4) is 11.8 Å². The van der Waals surface area contributed by atoms with E-state index in [0.717, 1.165) is 16.9 Å². The Bertz CT molecular complexity index is 855. The molecule has 2 N–H and O–H groups in total. The van der Waals surface area contributed by atoms with Gasteiger partial charge < -0.3 is 15.4 Å². The Balaban J connectivity index is 1.86. The highest BCUT2D eigenvalue weighted by Crippen LogP contribution is 2.35. The molecule has 2 heterocycles. The van der Waals surface area contributed by atoms with Crippen molar-refractivity contribution < 1.29 is 9.53 Å². The summed E-state index contributed by atoms with van der Waals surface area (Å²) >= 11 is 1.39. The number of nitriles is 1. The number of nitrogens with two attached hydrogens (primary N) is 1. The van der Waals surface area contributed by atoms with Gasteiger partial charge in [0.1, 0.15) is 29.0 Å². The number of ether oxygens (including phenoxy) is 1. The molecule has 0 fully saturated rings. The number of carbonyl (C=O) groups excluding carboxylic acids is 1. The number of nitrogens with zero attached hydrogens (tertiary/aromatic N) is 3. The van der Waals surface area contributed by atoms with Crippen LogP contribution in [-0.4, -0.2) is 35.5 Å². The number of benzene rings is 1. The van der Waals surface area contributed by atoms with Crippen molar-refractivity contribution in [3.05, 3.63) is 51.5 Å². The van der Waals surface area contributed by atoms with E-state index in [1.165, 1.54) is 11.3 Å². The Morgan fingerprint density at radius 2 is 2.42 bits per heavy atom. The van der Waals surface area contributed by atoms with E-state index in [1.54, 1.807) is 17.2 Å². The number of aromatic nitrogens is 1. The maximum atomic E-state index is 12.9. The van der Waals surface area contributed by atoms with Crippen LogP contribution in [0.5, 0.6) is 5.75 Å². The maximum absolute atomic E-state index is 12.9. The third-order valence-corrected chi connectivity index (χ3v) is 5.12. The van der Waals surface area contributed by atoms with E-state index >= 15 is 0 Å². The molecule has 26 heavy (non-hydrogen) atoms. The SMILES string of the molecule is CC1c2cccc(OCCN)c2CCN1C(=O)C(C#N)=Cc1nccs1. The third-order valence-electron chi connectivity index (χ3n) is 4.40. The van der Waals surface area contributed by atoms with Gasteiger partial charge in [-0.1, -0.05) is 12.1 Å². The second kappa shape index (κ2) is 8.13. The van der Waals surface area contributed by atoms with Gasteiger partial charge in [0.25, 0.3) is 5.91 Å². The predicted octanol–water partition coefficient (Wildman–Crippen LogP) is 2.53. The van der Waals surface area contributed by atoms with Crippen LogP contribution in [0.25, 0.3) is 6.08 Å². The van der Waals surface area contributed by atoms with Crippen LogP contribution in [0.1, 0.15) is 29.1 Å². The molecule has 0 aliphatic carbocycles. The molecule has 0 bridgehead atoms. The van der Waals surface area contributed by atoms with Gasteiger partial charge in [0.05, 0.1) is 6.04 Å². The first kappa shape index (κ1) is 18.1. The lowest BCUT2D eigenvalue weighted by atomic mass is 9.92. The molecule has 0 spiro atoms. The molecule has 1 amide bonds. The van der Waals surface area contributed by atoms with Gasteiger partial charge in [-0.15, -0.1) is 11.3 Å². The first-order valence-corrected chi connectivity index (χ1v) is 9.30. The quantitative estimate of drug-likeness (QED) is 0.647. The molecule has 1 aliphatic rings. The van der Waals surface area contributed by atoms with Crippen LogP contribution in [-0.2, 0) is 11.2 Å². The van der Waals surface area contributed by atoms with E-state index in [2.05, 4.69) is 4.98 Å². The van der Waals surface area contributed by atoms with Crippen LogP contribution >= 0.6 is 11.3 Å². The largest absolute Gasteiger partial charge is 0.492 e. The molecule has 7 heteroatoms. The molecule has 134 valence electrons. The first-order valence-electron chi connectivity index (χ1n) is 8.42. The molecule has 0 radical (unpaired) electrons. The highest BCUT2D eigenvalue weighted by molar-refractivity contribution is 7.10. The lowest BCUT2D eigenvalue weighted by Crippen LogP contribution is -2.39. The topological polar surface area (TPSA) is 92.2 Å². The van der Waals surface area contributed by atoms with E-state index in [4.69, 9.17) is 10.5 Å². The average Bonchev–Trinajstić information content (AvgIpc) is 3.17. The number of rotatable bonds is 5. The fourth-order valence-electron chi connectivity index (χ4n) is 3.14. The molecule has 6 nitrogen and oxygen atoms in total. The summed E-state index contributed by atoms with van der Waals surface area (Å²) in [6.07, 6.45) is 3.89. The minimum Gasteiger partial charge on any atom is -0.492 e. The molecule has 2 aromatic rings. The fraction of sp³-hybridized carbons (Fsp3) is 0.316. The summed E-state index contributed by atoms with van der Waals surface area (Å²) in [5.41, 5.74) is 7.79. The molecule has 1 unspecified atom stereocenters. The third kappa shape index (κ3) is 3.62. The van der Waals surface area contributed by atoms with E-state index in [-0.39, 0.29) is 17.5 Å². The number of fused-ring (bicyclic) bond motifs is 1. The number of thiazole rings is 1. The van der Waals surface area contributed by atoms with Gasteiger partial charge in [-0.05, 0) is 31.1 Å².